The molecule has 26 heavy (non-hydrogen) atoms. The molecule has 11 heteroatoms. The molecular weight excluding hydrogens is 349 g/mol. The van der Waals surface area contributed by atoms with Gasteiger partial charge in [-0.1, -0.05) is 5.92 Å². The van der Waals surface area contributed by atoms with Gasteiger partial charge in [-0.3, -0.25) is 9.36 Å². The topological polar surface area (TPSA) is 162 Å². The number of aliphatic hydroxyl groups is 3. The van der Waals surface area contributed by atoms with Crippen LogP contribution in [0.5, 0.6) is 0 Å². The number of hydrogen-bond donors (Lipinski definition) is 5. The average molecular weight is 367 g/mol. The number of aromatic nitrogens is 3. The molecule has 1 fully saturated rings. The molecule has 10 nitrogen and oxygen atoms in total. The Morgan fingerprint density at radius 2 is 2.19 bits per heavy atom. The van der Waals surface area contributed by atoms with Gasteiger partial charge in [0.1, 0.15) is 17.6 Å². The van der Waals surface area contributed by atoms with Gasteiger partial charge in [-0.25, -0.2) is 4.39 Å². The maximum absolute atomic E-state index is 14.4. The maximum Gasteiger partial charge on any atom is 0.285 e. The number of nitrogens with zero attached hydrogens (tertiary/aromatic N) is 3. The van der Waals surface area contributed by atoms with Crippen LogP contribution in [0.3, 0.4) is 0 Å². The summed E-state index contributed by atoms with van der Waals surface area (Å²) < 4.78 is 21.4. The van der Waals surface area contributed by atoms with E-state index in [0.29, 0.717) is 4.68 Å². The highest BCUT2D eigenvalue weighted by atomic mass is 19.1. The number of fused-ring (bicyclic) bond motifs is 1. The zero-order valence-electron chi connectivity index (χ0n) is 13.9. The lowest BCUT2D eigenvalue weighted by Gasteiger charge is -2.26. The number of anilines is 1. The third-order valence-electron chi connectivity index (χ3n) is 4.34. The Morgan fingerprint density at radius 3 is 2.77 bits per heavy atom. The number of nitrogens with two attached hydrogens (primary N) is 2. The van der Waals surface area contributed by atoms with E-state index in [1.165, 1.54) is 13.8 Å². The first-order valence-corrected chi connectivity index (χ1v) is 7.65. The molecule has 0 bridgehead atoms. The Kier molecular flexibility index (Phi) is 4.16. The molecule has 0 aliphatic carbocycles. The zero-order chi connectivity index (χ0) is 19.4. The van der Waals surface area contributed by atoms with Crippen molar-refractivity contribution in [2.24, 2.45) is 0 Å². The summed E-state index contributed by atoms with van der Waals surface area (Å²) in [5.41, 5.74) is 2.20. The summed E-state index contributed by atoms with van der Waals surface area (Å²) in [6.07, 6.45) is -4.57. The van der Waals surface area contributed by atoms with Gasteiger partial charge in [0.05, 0.1) is 6.10 Å². The zero-order valence-corrected chi connectivity index (χ0v) is 13.9. The summed E-state index contributed by atoms with van der Waals surface area (Å²) in [5.74, 6) is 8.96. The molecule has 0 radical (unpaired) electrons. The molecule has 1 saturated heterocycles. The van der Waals surface area contributed by atoms with Crippen LogP contribution in [0.1, 0.15) is 20.1 Å². The number of hydrogen-bond acceptors (Lipinski definition) is 8. The molecule has 3 rings (SSSR count). The van der Waals surface area contributed by atoms with Gasteiger partial charge in [-0.15, -0.1) is 5.92 Å². The van der Waals surface area contributed by atoms with Crippen LogP contribution in [-0.2, 0) is 4.74 Å². The number of nitrogen functional groups attached to an aromatic ring is 2. The van der Waals surface area contributed by atoms with E-state index in [1.807, 2.05) is 0 Å². The van der Waals surface area contributed by atoms with Gasteiger partial charge in [0, 0.05) is 6.20 Å². The Balaban J connectivity index is 2.28. The van der Waals surface area contributed by atoms with Gasteiger partial charge < -0.3 is 31.6 Å². The van der Waals surface area contributed by atoms with Gasteiger partial charge >= 0.3 is 0 Å². The maximum atomic E-state index is 14.4. The minimum atomic E-state index is -2.19. The van der Waals surface area contributed by atoms with Gasteiger partial charge in [0.25, 0.3) is 5.56 Å². The van der Waals surface area contributed by atoms with E-state index in [1.54, 1.807) is 0 Å². The molecule has 2 aromatic heterocycles. The second-order valence-corrected chi connectivity index (χ2v) is 6.07. The van der Waals surface area contributed by atoms with Gasteiger partial charge in [0.15, 0.2) is 23.3 Å². The van der Waals surface area contributed by atoms with Crippen molar-refractivity contribution in [1.82, 2.24) is 14.2 Å². The molecule has 0 saturated carbocycles. The summed E-state index contributed by atoms with van der Waals surface area (Å²) >= 11 is 0. The Bertz CT molecular complexity index is 990. The SMILES string of the molecule is CC#C[C@@]1(O)C(O)[C@@H]([C@H](C)O)O[C@H]1n1cc(F)c2c(=O)n(N)c(N)nc21. The fraction of sp³-hybridized carbons (Fsp3) is 0.467. The standard InChI is InChI=1S/C15H18FN5O5/c1-3-4-15(25)10(23)9(6(2)22)26-13(15)20-5-7(16)8-11(20)19-14(17)21(18)12(8)24/h5-6,9-10,13,22-23,25H,18H2,1-2H3,(H2,17,19)/t6-,9+,10?,13+,15+/m0/s1. The summed E-state index contributed by atoms with van der Waals surface area (Å²) in [6, 6.07) is 0. The molecule has 2 aromatic rings. The molecule has 0 spiro atoms. The first-order chi connectivity index (χ1) is 12.1. The summed E-state index contributed by atoms with van der Waals surface area (Å²) in [6.45, 7) is 2.78. The molecular formula is C15H18FN5O5. The molecule has 1 aliphatic rings. The second-order valence-electron chi connectivity index (χ2n) is 6.07. The van der Waals surface area contributed by atoms with Crippen LogP contribution in [0.25, 0.3) is 11.0 Å². The lowest BCUT2D eigenvalue weighted by molar-refractivity contribution is -0.0846. The Labute approximate surface area is 146 Å². The number of ether oxygens (including phenoxy) is 1. The predicted octanol–water partition coefficient (Wildman–Crippen LogP) is -1.97. The lowest BCUT2D eigenvalue weighted by Crippen LogP contribution is -2.47. The summed E-state index contributed by atoms with van der Waals surface area (Å²) in [4.78, 5) is 16.0. The molecule has 7 N–H and O–H groups in total. The summed E-state index contributed by atoms with van der Waals surface area (Å²) in [5, 5.41) is 30.6. The van der Waals surface area contributed by atoms with Crippen LogP contribution in [-0.4, -0.2) is 53.5 Å². The van der Waals surface area contributed by atoms with E-state index in [4.69, 9.17) is 16.3 Å². The largest absolute Gasteiger partial charge is 0.391 e. The van der Waals surface area contributed by atoms with E-state index in [9.17, 15) is 24.5 Å². The third-order valence-corrected chi connectivity index (χ3v) is 4.34. The summed E-state index contributed by atoms with van der Waals surface area (Å²) in [7, 11) is 0. The van der Waals surface area contributed by atoms with Crippen LogP contribution in [0.4, 0.5) is 10.3 Å². The normalized spacial score (nSPS) is 29.5. The van der Waals surface area contributed by atoms with E-state index < -0.39 is 52.9 Å². The highest BCUT2D eigenvalue weighted by Crippen LogP contribution is 2.41. The highest BCUT2D eigenvalue weighted by molar-refractivity contribution is 5.77. The second kappa shape index (κ2) is 5.96. The molecule has 1 aliphatic heterocycles. The van der Waals surface area contributed by atoms with E-state index in [-0.39, 0.29) is 5.65 Å². The van der Waals surface area contributed by atoms with Crippen molar-refractivity contribution >= 4 is 17.0 Å². The monoisotopic (exact) mass is 367 g/mol. The van der Waals surface area contributed by atoms with Crippen molar-refractivity contribution in [3.05, 3.63) is 22.4 Å². The van der Waals surface area contributed by atoms with E-state index in [2.05, 4.69) is 16.8 Å². The van der Waals surface area contributed by atoms with Crippen molar-refractivity contribution in [2.45, 2.75) is 44.0 Å². The quantitative estimate of drug-likeness (QED) is 0.301. The van der Waals surface area contributed by atoms with Gasteiger partial charge in [-0.2, -0.15) is 9.66 Å². The Hall–Kier alpha value is -2.65. The predicted molar refractivity (Wildman–Crippen MR) is 88.5 cm³/mol. The van der Waals surface area contributed by atoms with Gasteiger partial charge in [-0.05, 0) is 13.8 Å². The van der Waals surface area contributed by atoms with Crippen molar-refractivity contribution in [2.75, 3.05) is 11.6 Å². The molecule has 0 amide bonds. The van der Waals surface area contributed by atoms with E-state index in [0.717, 1.165) is 10.8 Å². The van der Waals surface area contributed by atoms with Crippen LogP contribution >= 0.6 is 0 Å². The number of halogens is 1. The average Bonchev–Trinajstić information content (AvgIpc) is 3.01. The first kappa shape index (κ1) is 18.2. The molecule has 3 heterocycles. The van der Waals surface area contributed by atoms with Crippen molar-refractivity contribution in [1.29, 1.82) is 0 Å². The number of aliphatic hydroxyl groups excluding tert-OH is 2. The van der Waals surface area contributed by atoms with E-state index >= 15 is 0 Å². The Morgan fingerprint density at radius 1 is 1.54 bits per heavy atom. The smallest absolute Gasteiger partial charge is 0.285 e. The highest BCUT2D eigenvalue weighted by Gasteiger charge is 2.57. The minimum absolute atomic E-state index is 0.244. The molecule has 1 unspecified atom stereocenters. The van der Waals surface area contributed by atoms with Crippen molar-refractivity contribution < 1.29 is 24.4 Å². The molecule has 140 valence electrons. The fourth-order valence-electron chi connectivity index (χ4n) is 3.08. The minimum Gasteiger partial charge on any atom is -0.391 e. The lowest BCUT2D eigenvalue weighted by atomic mass is 9.93. The third kappa shape index (κ3) is 2.35. The molecule has 5 atom stereocenters. The molecule has 0 aromatic carbocycles. The van der Waals surface area contributed by atoms with Crippen LogP contribution in [0.15, 0.2) is 11.0 Å². The van der Waals surface area contributed by atoms with Crippen LogP contribution in [0, 0.1) is 17.7 Å². The number of rotatable bonds is 2. The van der Waals surface area contributed by atoms with Crippen LogP contribution < -0.4 is 17.1 Å². The fourth-order valence-corrected chi connectivity index (χ4v) is 3.08. The van der Waals surface area contributed by atoms with Gasteiger partial charge in [0.2, 0.25) is 5.95 Å². The van der Waals surface area contributed by atoms with Crippen LogP contribution in [0.2, 0.25) is 0 Å². The van der Waals surface area contributed by atoms with Crippen molar-refractivity contribution in [3.63, 3.8) is 0 Å². The first-order valence-electron chi connectivity index (χ1n) is 7.65. The van der Waals surface area contributed by atoms with Crippen molar-refractivity contribution in [3.8, 4) is 11.8 Å².